The Balaban J connectivity index is 3.56. The van der Waals surface area contributed by atoms with E-state index in [0.29, 0.717) is 13.1 Å². The van der Waals surface area contributed by atoms with E-state index < -0.39 is 0 Å². The van der Waals surface area contributed by atoms with Crippen molar-refractivity contribution in [2.45, 2.75) is 0 Å². The third-order valence-corrected chi connectivity index (χ3v) is 0.658. The maximum absolute atomic E-state index is 5.11. The standard InChI is InChI=1S/C8H10N2/c9-7-5-3-1-2-4-6-8-10/h1-2H,7-10H2/b2-1+. The fourth-order valence-electron chi connectivity index (χ4n) is 0.319. The predicted octanol–water partition coefficient (Wildman–Crippen LogP) is -0.533. The first-order valence-electron chi connectivity index (χ1n) is 2.93. The predicted molar refractivity (Wildman–Crippen MR) is 42.8 cm³/mol. The average Bonchev–Trinajstić information content (AvgIpc) is 1.97. The first-order chi connectivity index (χ1) is 4.91. The van der Waals surface area contributed by atoms with E-state index in [1.165, 1.54) is 0 Å². The minimum atomic E-state index is 0.384. The zero-order chi connectivity index (χ0) is 7.66. The third-order valence-electron chi connectivity index (χ3n) is 0.658. The van der Waals surface area contributed by atoms with Gasteiger partial charge in [0.1, 0.15) is 0 Å². The minimum Gasteiger partial charge on any atom is -0.320 e. The molecule has 4 N–H and O–H groups in total. The molecule has 0 aromatic carbocycles. The van der Waals surface area contributed by atoms with Gasteiger partial charge in [-0.2, -0.15) is 0 Å². The fourth-order valence-corrected chi connectivity index (χ4v) is 0.319. The number of hydrogen-bond acceptors (Lipinski definition) is 2. The van der Waals surface area contributed by atoms with Crippen LogP contribution in [-0.2, 0) is 0 Å². The Hall–Kier alpha value is -1.22. The Morgan fingerprint density at radius 3 is 1.60 bits per heavy atom. The van der Waals surface area contributed by atoms with Crippen LogP contribution in [0.5, 0.6) is 0 Å². The van der Waals surface area contributed by atoms with Crippen LogP contribution < -0.4 is 11.5 Å². The Labute approximate surface area is 61.3 Å². The number of hydrogen-bond donors (Lipinski definition) is 2. The molecule has 0 rings (SSSR count). The van der Waals surface area contributed by atoms with Crippen molar-refractivity contribution in [1.29, 1.82) is 0 Å². The van der Waals surface area contributed by atoms with Crippen molar-refractivity contribution in [2.24, 2.45) is 11.5 Å². The minimum absolute atomic E-state index is 0.384. The molecule has 0 heterocycles. The van der Waals surface area contributed by atoms with Gasteiger partial charge in [-0.1, -0.05) is 23.7 Å². The summed E-state index contributed by atoms with van der Waals surface area (Å²) >= 11 is 0. The SMILES string of the molecule is NCC#C/C=C/C#CCN. The highest BCUT2D eigenvalue weighted by molar-refractivity contribution is 5.25. The highest BCUT2D eigenvalue weighted by Gasteiger charge is 1.58. The van der Waals surface area contributed by atoms with E-state index in [0.717, 1.165) is 0 Å². The molecule has 0 saturated heterocycles. The summed E-state index contributed by atoms with van der Waals surface area (Å²) in [5.74, 6) is 10.7. The Kier molecular flexibility index (Phi) is 6.83. The van der Waals surface area contributed by atoms with Crippen LogP contribution in [0.15, 0.2) is 12.2 Å². The van der Waals surface area contributed by atoms with Gasteiger partial charge in [-0.25, -0.2) is 0 Å². The third kappa shape index (κ3) is 6.78. The summed E-state index contributed by atoms with van der Waals surface area (Å²) in [7, 11) is 0. The van der Waals surface area contributed by atoms with Crippen molar-refractivity contribution in [3.63, 3.8) is 0 Å². The molecule has 0 atom stereocenters. The van der Waals surface area contributed by atoms with Gasteiger partial charge in [0, 0.05) is 0 Å². The van der Waals surface area contributed by atoms with Crippen LogP contribution in [0.4, 0.5) is 0 Å². The van der Waals surface area contributed by atoms with Gasteiger partial charge in [0.15, 0.2) is 0 Å². The molecule has 0 radical (unpaired) electrons. The summed E-state index contributed by atoms with van der Waals surface area (Å²) in [6, 6.07) is 0. The van der Waals surface area contributed by atoms with Crippen LogP contribution in [0.1, 0.15) is 0 Å². The number of rotatable bonds is 0. The molecule has 0 amide bonds. The van der Waals surface area contributed by atoms with Crippen molar-refractivity contribution >= 4 is 0 Å². The van der Waals surface area contributed by atoms with Crippen LogP contribution >= 0.6 is 0 Å². The highest BCUT2D eigenvalue weighted by Crippen LogP contribution is 1.64. The first kappa shape index (κ1) is 8.78. The quantitative estimate of drug-likeness (QED) is 0.437. The Morgan fingerprint density at radius 1 is 0.900 bits per heavy atom. The molecule has 0 fully saturated rings. The molecule has 0 spiro atoms. The Bertz CT molecular complexity index is 183. The normalized spacial score (nSPS) is 7.80. The van der Waals surface area contributed by atoms with Crippen molar-refractivity contribution in [1.82, 2.24) is 0 Å². The number of nitrogens with two attached hydrogens (primary N) is 2. The van der Waals surface area contributed by atoms with Gasteiger partial charge in [0.25, 0.3) is 0 Å². The first-order valence-corrected chi connectivity index (χ1v) is 2.93. The van der Waals surface area contributed by atoms with E-state index in [2.05, 4.69) is 23.7 Å². The molecule has 0 bridgehead atoms. The summed E-state index contributed by atoms with van der Waals surface area (Å²) < 4.78 is 0. The zero-order valence-corrected chi connectivity index (χ0v) is 5.72. The Morgan fingerprint density at radius 2 is 1.30 bits per heavy atom. The van der Waals surface area contributed by atoms with Crippen molar-refractivity contribution in [2.75, 3.05) is 13.1 Å². The summed E-state index contributed by atoms with van der Waals surface area (Å²) in [6.07, 6.45) is 3.30. The van der Waals surface area contributed by atoms with Crippen molar-refractivity contribution < 1.29 is 0 Å². The average molecular weight is 134 g/mol. The monoisotopic (exact) mass is 134 g/mol. The largest absolute Gasteiger partial charge is 0.320 e. The van der Waals surface area contributed by atoms with Crippen LogP contribution in [0.25, 0.3) is 0 Å². The van der Waals surface area contributed by atoms with E-state index in [1.54, 1.807) is 12.2 Å². The molecule has 0 aliphatic carbocycles. The van der Waals surface area contributed by atoms with Crippen molar-refractivity contribution in [3.8, 4) is 23.7 Å². The summed E-state index contributed by atoms with van der Waals surface area (Å²) in [5.41, 5.74) is 10.2. The second-order valence-electron chi connectivity index (χ2n) is 1.38. The molecule has 0 aromatic heterocycles. The molecule has 2 heteroatoms. The number of allylic oxidation sites excluding steroid dienone is 2. The molecule has 0 aliphatic heterocycles. The lowest BCUT2D eigenvalue weighted by atomic mass is 10.4. The van der Waals surface area contributed by atoms with E-state index in [1.807, 2.05) is 0 Å². The molecule has 0 aliphatic rings. The molecular weight excluding hydrogens is 124 g/mol. The molecule has 0 unspecified atom stereocenters. The van der Waals surface area contributed by atoms with E-state index in [4.69, 9.17) is 11.5 Å². The lowest BCUT2D eigenvalue weighted by Gasteiger charge is -1.68. The van der Waals surface area contributed by atoms with Gasteiger partial charge in [-0.15, -0.1) is 0 Å². The summed E-state index contributed by atoms with van der Waals surface area (Å²) in [4.78, 5) is 0. The molecule has 10 heavy (non-hydrogen) atoms. The maximum Gasteiger partial charge on any atom is 0.0554 e. The van der Waals surface area contributed by atoms with Gasteiger partial charge >= 0.3 is 0 Å². The topological polar surface area (TPSA) is 52.0 Å². The lowest BCUT2D eigenvalue weighted by molar-refractivity contribution is 1.30. The second-order valence-corrected chi connectivity index (χ2v) is 1.38. The van der Waals surface area contributed by atoms with Gasteiger partial charge < -0.3 is 11.5 Å². The van der Waals surface area contributed by atoms with Crippen LogP contribution in [-0.4, -0.2) is 13.1 Å². The second kappa shape index (κ2) is 7.78. The summed E-state index contributed by atoms with van der Waals surface area (Å²) in [6.45, 7) is 0.767. The maximum atomic E-state index is 5.11. The van der Waals surface area contributed by atoms with Crippen LogP contribution in [0.2, 0.25) is 0 Å². The molecule has 2 nitrogen and oxygen atoms in total. The van der Waals surface area contributed by atoms with Gasteiger partial charge in [0.2, 0.25) is 0 Å². The van der Waals surface area contributed by atoms with Crippen molar-refractivity contribution in [3.05, 3.63) is 12.2 Å². The van der Waals surface area contributed by atoms with E-state index in [-0.39, 0.29) is 0 Å². The lowest BCUT2D eigenvalue weighted by Crippen LogP contribution is -1.92. The van der Waals surface area contributed by atoms with Crippen LogP contribution in [0.3, 0.4) is 0 Å². The summed E-state index contributed by atoms with van der Waals surface area (Å²) in [5, 5.41) is 0. The fraction of sp³-hybridized carbons (Fsp3) is 0.250. The molecular formula is C8H10N2. The molecule has 0 aromatic rings. The van der Waals surface area contributed by atoms with E-state index in [9.17, 15) is 0 Å². The van der Waals surface area contributed by atoms with Gasteiger partial charge in [0.05, 0.1) is 13.1 Å². The van der Waals surface area contributed by atoms with E-state index >= 15 is 0 Å². The molecule has 52 valence electrons. The smallest absolute Gasteiger partial charge is 0.0554 e. The molecule has 0 saturated carbocycles. The van der Waals surface area contributed by atoms with Gasteiger partial charge in [-0.3, -0.25) is 0 Å². The van der Waals surface area contributed by atoms with Gasteiger partial charge in [-0.05, 0) is 12.2 Å². The zero-order valence-electron chi connectivity index (χ0n) is 5.72. The van der Waals surface area contributed by atoms with Crippen LogP contribution in [0, 0.1) is 23.7 Å². The highest BCUT2D eigenvalue weighted by atomic mass is 14.5.